The van der Waals surface area contributed by atoms with Crippen LogP contribution in [0.15, 0.2) is 53.6 Å². The van der Waals surface area contributed by atoms with Crippen molar-refractivity contribution in [1.82, 2.24) is 15.2 Å². The molecule has 3 heterocycles. The van der Waals surface area contributed by atoms with E-state index < -0.39 is 0 Å². The lowest BCUT2D eigenvalue weighted by Crippen LogP contribution is -2.46. The Bertz CT molecular complexity index is 1300. The predicted molar refractivity (Wildman–Crippen MR) is 140 cm³/mol. The van der Waals surface area contributed by atoms with Gasteiger partial charge in [0, 0.05) is 43.4 Å². The largest absolute Gasteiger partial charge is 0.369 e. The van der Waals surface area contributed by atoms with Gasteiger partial charge < -0.3 is 4.90 Å². The minimum atomic E-state index is -0.344. The summed E-state index contributed by atoms with van der Waals surface area (Å²) in [6.07, 6.45) is 4.80. The van der Waals surface area contributed by atoms with Crippen molar-refractivity contribution in [3.05, 3.63) is 64.7 Å². The zero-order valence-corrected chi connectivity index (χ0v) is 20.3. The zero-order chi connectivity index (χ0) is 23.7. The maximum atomic E-state index is 12.0. The summed E-state index contributed by atoms with van der Waals surface area (Å²) in [5.41, 5.74) is 6.58. The van der Waals surface area contributed by atoms with E-state index in [0.29, 0.717) is 4.91 Å². The Labute approximate surface area is 204 Å². The van der Waals surface area contributed by atoms with Gasteiger partial charge in [0.05, 0.1) is 10.4 Å². The van der Waals surface area contributed by atoms with Crippen LogP contribution in [0.5, 0.6) is 0 Å². The van der Waals surface area contributed by atoms with Gasteiger partial charge in [0.1, 0.15) is 0 Å². The molecule has 0 aliphatic carbocycles. The van der Waals surface area contributed by atoms with Crippen molar-refractivity contribution in [3.63, 3.8) is 0 Å². The van der Waals surface area contributed by atoms with Crippen molar-refractivity contribution in [2.45, 2.75) is 20.3 Å². The third-order valence-electron chi connectivity index (χ3n) is 6.47. The van der Waals surface area contributed by atoms with Gasteiger partial charge in [0.25, 0.3) is 11.1 Å². The molecule has 2 aliphatic heterocycles. The van der Waals surface area contributed by atoms with Crippen LogP contribution in [0.3, 0.4) is 0 Å². The van der Waals surface area contributed by atoms with Crippen LogP contribution < -0.4 is 10.2 Å². The van der Waals surface area contributed by atoms with Gasteiger partial charge in [-0.15, -0.1) is 0 Å². The summed E-state index contributed by atoms with van der Waals surface area (Å²) in [6.45, 7) is 9.95. The second kappa shape index (κ2) is 9.60. The fraction of sp³-hybridized carbons (Fsp3) is 0.296. The Kier molecular flexibility index (Phi) is 6.39. The number of rotatable bonds is 5. The molecule has 2 saturated heterocycles. The number of hydrogen-bond donors (Lipinski definition) is 1. The van der Waals surface area contributed by atoms with Gasteiger partial charge in [0.2, 0.25) is 0 Å². The normalized spacial score (nSPS) is 18.2. The number of carbonyl (C=O) groups is 2. The molecule has 2 amide bonds. The monoisotopic (exact) mass is 472 g/mol. The molecular formula is C27H28N4O2S. The van der Waals surface area contributed by atoms with Crippen LogP contribution in [0.25, 0.3) is 28.1 Å². The molecule has 1 aromatic heterocycles. The number of benzene rings is 2. The average Bonchev–Trinajstić information content (AvgIpc) is 3.15. The number of amides is 2. The number of aromatic nitrogens is 1. The minimum Gasteiger partial charge on any atom is -0.369 e. The Morgan fingerprint density at radius 2 is 1.88 bits per heavy atom. The molecule has 0 unspecified atom stereocenters. The number of imide groups is 1. The second-order valence-electron chi connectivity index (χ2n) is 8.82. The highest BCUT2D eigenvalue weighted by molar-refractivity contribution is 8.18. The Morgan fingerprint density at radius 1 is 1.06 bits per heavy atom. The molecule has 1 N–H and O–H groups in total. The van der Waals surface area contributed by atoms with Gasteiger partial charge in [-0.3, -0.25) is 24.8 Å². The molecule has 6 nitrogen and oxygen atoms in total. The molecule has 0 atom stereocenters. The summed E-state index contributed by atoms with van der Waals surface area (Å²) < 4.78 is 0. The van der Waals surface area contributed by atoms with Crippen molar-refractivity contribution in [1.29, 1.82) is 0 Å². The molecule has 0 saturated carbocycles. The van der Waals surface area contributed by atoms with Gasteiger partial charge in [-0.05, 0) is 90.3 Å². The topological polar surface area (TPSA) is 65.5 Å². The number of aryl methyl sites for hydroxylation is 1. The van der Waals surface area contributed by atoms with Crippen LogP contribution in [-0.4, -0.2) is 53.8 Å². The summed E-state index contributed by atoms with van der Waals surface area (Å²) in [4.78, 5) is 33.4. The van der Waals surface area contributed by atoms with Gasteiger partial charge in [-0.2, -0.15) is 0 Å². The van der Waals surface area contributed by atoms with Crippen molar-refractivity contribution in [3.8, 4) is 11.1 Å². The highest BCUT2D eigenvalue weighted by atomic mass is 32.2. The van der Waals surface area contributed by atoms with E-state index in [4.69, 9.17) is 0 Å². The maximum Gasteiger partial charge on any atom is 0.290 e. The van der Waals surface area contributed by atoms with Crippen LogP contribution in [0.2, 0.25) is 0 Å². The third kappa shape index (κ3) is 4.58. The predicted octanol–water partition coefficient (Wildman–Crippen LogP) is 5.07. The number of piperazine rings is 1. The van der Waals surface area contributed by atoms with Gasteiger partial charge in [0.15, 0.2) is 0 Å². The Hall–Kier alpha value is -3.16. The van der Waals surface area contributed by atoms with E-state index in [0.717, 1.165) is 65.5 Å². The minimum absolute atomic E-state index is 0.332. The Balaban J connectivity index is 1.45. The number of nitrogens with zero attached hydrogens (tertiary/aromatic N) is 3. The molecule has 2 aliphatic rings. The van der Waals surface area contributed by atoms with E-state index in [1.807, 2.05) is 30.5 Å². The maximum absolute atomic E-state index is 12.0. The van der Waals surface area contributed by atoms with E-state index in [1.165, 1.54) is 24.2 Å². The molecule has 174 valence electrons. The SMILES string of the molecule is CCCN1CCN(c2ccc(-c3ccnc4ccc(C=C5SC(=O)NC5=O)cc34)cc2C)CC1. The lowest BCUT2D eigenvalue weighted by Gasteiger charge is -2.36. The van der Waals surface area contributed by atoms with Crippen molar-refractivity contribution >= 4 is 45.6 Å². The van der Waals surface area contributed by atoms with E-state index in [2.05, 4.69) is 52.1 Å². The quantitative estimate of drug-likeness (QED) is 0.523. The number of anilines is 1. The number of fused-ring (bicyclic) bond motifs is 1. The number of nitrogens with one attached hydrogen (secondary N) is 1. The highest BCUT2D eigenvalue weighted by Gasteiger charge is 2.25. The van der Waals surface area contributed by atoms with E-state index in [9.17, 15) is 9.59 Å². The van der Waals surface area contributed by atoms with Crippen LogP contribution >= 0.6 is 11.8 Å². The summed E-state index contributed by atoms with van der Waals surface area (Å²) in [6, 6.07) is 14.7. The molecular weight excluding hydrogens is 444 g/mol. The first-order valence-electron chi connectivity index (χ1n) is 11.7. The zero-order valence-electron chi connectivity index (χ0n) is 19.5. The first kappa shape index (κ1) is 22.6. The van der Waals surface area contributed by atoms with Crippen molar-refractivity contribution in [2.75, 3.05) is 37.6 Å². The van der Waals surface area contributed by atoms with Crippen molar-refractivity contribution < 1.29 is 9.59 Å². The summed E-state index contributed by atoms with van der Waals surface area (Å²) in [7, 11) is 0. The summed E-state index contributed by atoms with van der Waals surface area (Å²) in [5.74, 6) is -0.344. The average molecular weight is 473 g/mol. The Morgan fingerprint density at radius 3 is 2.59 bits per heavy atom. The first-order chi connectivity index (χ1) is 16.5. The number of thioether (sulfide) groups is 1. The number of pyridine rings is 1. The molecule has 3 aromatic rings. The molecule has 0 bridgehead atoms. The van der Waals surface area contributed by atoms with E-state index >= 15 is 0 Å². The first-order valence-corrected chi connectivity index (χ1v) is 12.6. The molecule has 2 aromatic carbocycles. The molecule has 0 radical (unpaired) electrons. The van der Waals surface area contributed by atoms with Gasteiger partial charge in [-0.25, -0.2) is 0 Å². The fourth-order valence-corrected chi connectivity index (χ4v) is 5.47. The second-order valence-corrected chi connectivity index (χ2v) is 9.83. The summed E-state index contributed by atoms with van der Waals surface area (Å²) >= 11 is 0.932. The lowest BCUT2D eigenvalue weighted by molar-refractivity contribution is -0.115. The van der Waals surface area contributed by atoms with E-state index in [1.54, 1.807) is 6.08 Å². The van der Waals surface area contributed by atoms with E-state index in [-0.39, 0.29) is 11.1 Å². The molecule has 2 fully saturated rings. The van der Waals surface area contributed by atoms with Crippen LogP contribution in [0, 0.1) is 6.92 Å². The molecule has 5 rings (SSSR count). The molecule has 0 spiro atoms. The lowest BCUT2D eigenvalue weighted by atomic mass is 9.97. The van der Waals surface area contributed by atoms with Gasteiger partial charge >= 0.3 is 0 Å². The number of carbonyl (C=O) groups excluding carboxylic acids is 2. The standard InChI is InChI=1S/C27H28N4O2S/c1-3-10-30-11-13-31(14-12-30)24-7-5-20(15-18(24)2)21-8-9-28-23-6-4-19(16-22(21)23)17-25-26(32)29-27(33)34-25/h4-9,15-17H,3,10-14H2,1-2H3,(H,29,32,33). The molecule has 7 heteroatoms. The third-order valence-corrected chi connectivity index (χ3v) is 7.28. The van der Waals surface area contributed by atoms with Crippen LogP contribution in [0.1, 0.15) is 24.5 Å². The van der Waals surface area contributed by atoms with Crippen molar-refractivity contribution in [2.24, 2.45) is 0 Å². The van der Waals surface area contributed by atoms with Gasteiger partial charge in [-0.1, -0.05) is 19.1 Å². The highest BCUT2D eigenvalue weighted by Crippen LogP contribution is 2.33. The summed E-state index contributed by atoms with van der Waals surface area (Å²) in [5, 5.41) is 3.00. The number of hydrogen-bond acceptors (Lipinski definition) is 6. The van der Waals surface area contributed by atoms with Crippen LogP contribution in [0.4, 0.5) is 10.5 Å². The fourth-order valence-electron chi connectivity index (χ4n) is 4.78. The molecule has 34 heavy (non-hydrogen) atoms. The van der Waals surface area contributed by atoms with Crippen LogP contribution in [-0.2, 0) is 4.79 Å². The smallest absolute Gasteiger partial charge is 0.290 e.